The minimum absolute atomic E-state index is 0.489. The van der Waals surface area contributed by atoms with Crippen LogP contribution in [0.15, 0.2) is 42.7 Å². The molecule has 3 N–H and O–H groups in total. The molecule has 1 unspecified atom stereocenters. The van der Waals surface area contributed by atoms with Crippen LogP contribution >= 0.6 is 0 Å². The molecule has 0 saturated carbocycles. The average molecular weight is 228 g/mol. The highest BCUT2D eigenvalue weighted by atomic mass is 16.3. The number of benzene rings is 1. The van der Waals surface area contributed by atoms with Gasteiger partial charge < -0.3 is 10.8 Å². The van der Waals surface area contributed by atoms with Crippen molar-refractivity contribution in [1.82, 2.24) is 4.98 Å². The molecule has 0 aliphatic heterocycles. The fraction of sp³-hybridized carbons (Fsp3) is 0.214. The van der Waals surface area contributed by atoms with Crippen LogP contribution < -0.4 is 5.73 Å². The molecule has 88 valence electrons. The van der Waals surface area contributed by atoms with Gasteiger partial charge in [-0.25, -0.2) is 0 Å². The highest BCUT2D eigenvalue weighted by molar-refractivity contribution is 5.45. The third-order valence-corrected chi connectivity index (χ3v) is 2.82. The lowest BCUT2D eigenvalue weighted by Gasteiger charge is -2.12. The van der Waals surface area contributed by atoms with E-state index in [9.17, 15) is 5.11 Å². The van der Waals surface area contributed by atoms with E-state index in [-0.39, 0.29) is 0 Å². The molecule has 1 aromatic heterocycles. The zero-order valence-electron chi connectivity index (χ0n) is 9.80. The van der Waals surface area contributed by atoms with Gasteiger partial charge in [0.25, 0.3) is 0 Å². The Morgan fingerprint density at radius 2 is 1.94 bits per heavy atom. The average Bonchev–Trinajstić information content (AvgIpc) is 2.33. The molecule has 0 aliphatic carbocycles. The summed E-state index contributed by atoms with van der Waals surface area (Å²) in [5, 5.41) is 10.1. The summed E-state index contributed by atoms with van der Waals surface area (Å²) in [7, 11) is 0. The highest BCUT2D eigenvalue weighted by Crippen LogP contribution is 2.21. The lowest BCUT2D eigenvalue weighted by atomic mass is 10.0. The van der Waals surface area contributed by atoms with E-state index in [0.717, 1.165) is 11.1 Å². The van der Waals surface area contributed by atoms with Gasteiger partial charge in [0.05, 0.1) is 6.10 Å². The second-order valence-electron chi connectivity index (χ2n) is 4.21. The summed E-state index contributed by atoms with van der Waals surface area (Å²) in [6.07, 6.45) is 3.30. The Morgan fingerprint density at radius 3 is 2.59 bits per heavy atom. The first-order valence-electron chi connectivity index (χ1n) is 5.60. The number of aromatic nitrogens is 1. The van der Waals surface area contributed by atoms with Crippen LogP contribution in [-0.2, 0) is 6.42 Å². The first kappa shape index (κ1) is 11.6. The third-order valence-electron chi connectivity index (χ3n) is 2.82. The van der Waals surface area contributed by atoms with Crippen molar-refractivity contribution in [2.24, 2.45) is 0 Å². The lowest BCUT2D eigenvalue weighted by Crippen LogP contribution is -2.04. The van der Waals surface area contributed by atoms with E-state index in [2.05, 4.69) is 4.98 Å². The molecule has 17 heavy (non-hydrogen) atoms. The zero-order valence-corrected chi connectivity index (χ0v) is 9.80. The summed E-state index contributed by atoms with van der Waals surface area (Å²) in [6, 6.07) is 9.60. The van der Waals surface area contributed by atoms with Crippen molar-refractivity contribution < 1.29 is 5.11 Å². The fourth-order valence-corrected chi connectivity index (χ4v) is 1.72. The maximum absolute atomic E-state index is 10.1. The Bertz CT molecular complexity index is 494. The lowest BCUT2D eigenvalue weighted by molar-refractivity contribution is 0.178. The molecule has 0 aliphatic rings. The summed E-state index contributed by atoms with van der Waals surface area (Å²) < 4.78 is 0. The van der Waals surface area contributed by atoms with Gasteiger partial charge in [0, 0.05) is 24.5 Å². The van der Waals surface area contributed by atoms with Gasteiger partial charge in [-0.3, -0.25) is 4.98 Å². The molecular formula is C14H16N2O. The van der Waals surface area contributed by atoms with Crippen LogP contribution in [0.1, 0.15) is 22.8 Å². The van der Waals surface area contributed by atoms with Crippen molar-refractivity contribution in [3.8, 4) is 0 Å². The number of nitrogens with zero attached hydrogens (tertiary/aromatic N) is 1. The van der Waals surface area contributed by atoms with E-state index >= 15 is 0 Å². The van der Waals surface area contributed by atoms with Crippen molar-refractivity contribution in [3.63, 3.8) is 0 Å². The summed E-state index contributed by atoms with van der Waals surface area (Å²) in [4.78, 5) is 4.02. The Kier molecular flexibility index (Phi) is 3.40. The van der Waals surface area contributed by atoms with Crippen LogP contribution in [0.3, 0.4) is 0 Å². The van der Waals surface area contributed by atoms with Gasteiger partial charge in [0.15, 0.2) is 0 Å². The summed E-state index contributed by atoms with van der Waals surface area (Å²) in [5.41, 5.74) is 9.45. The number of rotatable bonds is 3. The number of hydrogen-bond acceptors (Lipinski definition) is 3. The normalized spacial score (nSPS) is 12.4. The minimum Gasteiger partial charge on any atom is -0.398 e. The predicted molar refractivity (Wildman–Crippen MR) is 68.5 cm³/mol. The molecule has 1 heterocycles. The van der Waals surface area contributed by atoms with E-state index in [1.807, 2.05) is 31.2 Å². The number of aliphatic hydroxyl groups excluding tert-OH is 1. The maximum Gasteiger partial charge on any atom is 0.0831 e. The van der Waals surface area contributed by atoms with Crippen molar-refractivity contribution >= 4 is 5.69 Å². The largest absolute Gasteiger partial charge is 0.398 e. The molecule has 0 spiro atoms. The van der Waals surface area contributed by atoms with Crippen molar-refractivity contribution in [1.29, 1.82) is 0 Å². The number of anilines is 1. The second kappa shape index (κ2) is 4.97. The molecule has 2 aromatic rings. The van der Waals surface area contributed by atoms with Crippen LogP contribution in [0.5, 0.6) is 0 Å². The zero-order chi connectivity index (χ0) is 12.3. The van der Waals surface area contributed by atoms with Crippen molar-refractivity contribution in [2.45, 2.75) is 19.4 Å². The molecule has 0 bridgehead atoms. The molecule has 1 aromatic carbocycles. The van der Waals surface area contributed by atoms with Gasteiger partial charge in [-0.2, -0.15) is 0 Å². The maximum atomic E-state index is 10.1. The number of nitrogen functional groups attached to an aromatic ring is 1. The summed E-state index contributed by atoms with van der Waals surface area (Å²) in [6.45, 7) is 2.02. The molecule has 0 saturated heterocycles. The Morgan fingerprint density at radius 1 is 1.24 bits per heavy atom. The van der Waals surface area contributed by atoms with Crippen molar-refractivity contribution in [2.75, 3.05) is 5.73 Å². The van der Waals surface area contributed by atoms with Gasteiger partial charge >= 0.3 is 0 Å². The van der Waals surface area contributed by atoms with E-state index in [4.69, 9.17) is 5.73 Å². The Balaban J connectivity index is 2.14. The van der Waals surface area contributed by atoms with Crippen LogP contribution in [0.25, 0.3) is 0 Å². The number of nitrogens with two attached hydrogens (primary N) is 1. The first-order chi connectivity index (χ1) is 8.16. The Hall–Kier alpha value is -1.87. The van der Waals surface area contributed by atoms with Crippen LogP contribution in [0.2, 0.25) is 0 Å². The monoisotopic (exact) mass is 228 g/mol. The van der Waals surface area contributed by atoms with Crippen LogP contribution in [0, 0.1) is 6.92 Å². The van der Waals surface area contributed by atoms with Gasteiger partial charge in [-0.1, -0.05) is 29.8 Å². The van der Waals surface area contributed by atoms with Crippen LogP contribution in [0.4, 0.5) is 5.69 Å². The molecular weight excluding hydrogens is 212 g/mol. The summed E-state index contributed by atoms with van der Waals surface area (Å²) >= 11 is 0. The number of pyridine rings is 1. The second-order valence-corrected chi connectivity index (χ2v) is 4.21. The molecule has 0 fully saturated rings. The first-order valence-corrected chi connectivity index (χ1v) is 5.60. The number of aryl methyl sites for hydroxylation is 1. The molecule has 2 rings (SSSR count). The van der Waals surface area contributed by atoms with Gasteiger partial charge in [-0.15, -0.1) is 0 Å². The highest BCUT2D eigenvalue weighted by Gasteiger charge is 2.10. The van der Waals surface area contributed by atoms with E-state index in [1.165, 1.54) is 5.56 Å². The van der Waals surface area contributed by atoms with E-state index < -0.39 is 6.10 Å². The van der Waals surface area contributed by atoms with Gasteiger partial charge in [-0.05, 0) is 24.1 Å². The predicted octanol–water partition coefficient (Wildman–Crippen LogP) is 2.25. The molecule has 3 nitrogen and oxygen atoms in total. The van der Waals surface area contributed by atoms with Crippen molar-refractivity contribution in [3.05, 3.63) is 59.4 Å². The molecule has 1 atom stereocenters. The van der Waals surface area contributed by atoms with Crippen LogP contribution in [-0.4, -0.2) is 10.1 Å². The standard InChI is InChI=1S/C14H16N2O/c1-10-2-4-11(5-3-10)14(17)8-12-9-16-7-6-13(12)15/h2-7,9,14,17H,8H2,1H3,(H2,15,16). The number of aliphatic hydroxyl groups is 1. The quantitative estimate of drug-likeness (QED) is 0.847. The molecule has 0 amide bonds. The third kappa shape index (κ3) is 2.82. The fourth-order valence-electron chi connectivity index (χ4n) is 1.72. The Labute approximate surface area is 101 Å². The van der Waals surface area contributed by atoms with Gasteiger partial charge in [0.1, 0.15) is 0 Å². The smallest absolute Gasteiger partial charge is 0.0831 e. The molecule has 3 heteroatoms. The summed E-state index contributed by atoms with van der Waals surface area (Å²) in [5.74, 6) is 0. The van der Waals surface area contributed by atoms with E-state index in [0.29, 0.717) is 12.1 Å². The number of hydrogen-bond donors (Lipinski definition) is 2. The van der Waals surface area contributed by atoms with Gasteiger partial charge in [0.2, 0.25) is 0 Å². The van der Waals surface area contributed by atoms with E-state index in [1.54, 1.807) is 18.5 Å². The molecule has 0 radical (unpaired) electrons. The SMILES string of the molecule is Cc1ccc(C(O)Cc2cnccc2N)cc1. The topological polar surface area (TPSA) is 59.1 Å². The minimum atomic E-state index is -0.540.